The van der Waals surface area contributed by atoms with Crippen LogP contribution in [0.3, 0.4) is 0 Å². The SMILES string of the molecule is CCCCOCCNC(=O)NC1CCC(C(=O)O)CC1. The summed E-state index contributed by atoms with van der Waals surface area (Å²) < 4.78 is 5.35. The second-order valence-corrected chi connectivity index (χ2v) is 5.25. The largest absolute Gasteiger partial charge is 0.481 e. The van der Waals surface area contributed by atoms with Gasteiger partial charge in [-0.1, -0.05) is 13.3 Å². The molecule has 1 rings (SSSR count). The van der Waals surface area contributed by atoms with Gasteiger partial charge < -0.3 is 20.5 Å². The Labute approximate surface area is 120 Å². The van der Waals surface area contributed by atoms with E-state index in [0.717, 1.165) is 32.3 Å². The van der Waals surface area contributed by atoms with Crippen LogP contribution in [-0.2, 0) is 9.53 Å². The Kier molecular flexibility index (Phi) is 8.02. The zero-order chi connectivity index (χ0) is 14.8. The molecule has 0 spiro atoms. The molecule has 2 amide bonds. The van der Waals surface area contributed by atoms with Gasteiger partial charge in [-0.3, -0.25) is 4.79 Å². The van der Waals surface area contributed by atoms with Gasteiger partial charge in [-0.2, -0.15) is 0 Å². The third kappa shape index (κ3) is 6.75. The molecule has 0 aromatic heterocycles. The normalized spacial score (nSPS) is 22.2. The van der Waals surface area contributed by atoms with Crippen molar-refractivity contribution in [3.63, 3.8) is 0 Å². The fourth-order valence-electron chi connectivity index (χ4n) is 2.31. The molecule has 0 aromatic rings. The monoisotopic (exact) mass is 286 g/mol. The molecule has 0 aliphatic heterocycles. The minimum Gasteiger partial charge on any atom is -0.481 e. The fraction of sp³-hybridized carbons (Fsp3) is 0.857. The van der Waals surface area contributed by atoms with Crippen molar-refractivity contribution in [2.75, 3.05) is 19.8 Å². The summed E-state index contributed by atoms with van der Waals surface area (Å²) in [6.07, 6.45) is 4.89. The van der Waals surface area contributed by atoms with Crippen LogP contribution in [0.1, 0.15) is 45.4 Å². The number of amides is 2. The second kappa shape index (κ2) is 9.58. The molecule has 0 aromatic carbocycles. The van der Waals surface area contributed by atoms with Gasteiger partial charge in [-0.25, -0.2) is 4.79 Å². The molecule has 1 saturated carbocycles. The van der Waals surface area contributed by atoms with E-state index >= 15 is 0 Å². The van der Waals surface area contributed by atoms with Gasteiger partial charge in [0, 0.05) is 19.2 Å². The molecule has 0 atom stereocenters. The number of carbonyl (C=O) groups excluding carboxylic acids is 1. The number of ether oxygens (including phenoxy) is 1. The van der Waals surface area contributed by atoms with Gasteiger partial charge >= 0.3 is 12.0 Å². The summed E-state index contributed by atoms with van der Waals surface area (Å²) in [5, 5.41) is 14.5. The number of carboxylic acid groups (broad SMARTS) is 1. The summed E-state index contributed by atoms with van der Waals surface area (Å²) in [5.74, 6) is -0.972. The Bertz CT molecular complexity index is 302. The Hall–Kier alpha value is -1.30. The number of carbonyl (C=O) groups is 2. The number of unbranched alkanes of at least 4 members (excludes halogenated alkanes) is 1. The van der Waals surface area contributed by atoms with Crippen LogP contribution in [0.5, 0.6) is 0 Å². The van der Waals surface area contributed by atoms with Crippen LogP contribution < -0.4 is 10.6 Å². The molecule has 1 aliphatic rings. The molecule has 0 radical (unpaired) electrons. The van der Waals surface area contributed by atoms with Gasteiger partial charge in [0.05, 0.1) is 12.5 Å². The summed E-state index contributed by atoms with van der Waals surface area (Å²) in [6.45, 7) is 3.87. The Morgan fingerprint density at radius 2 is 1.90 bits per heavy atom. The van der Waals surface area contributed by atoms with Gasteiger partial charge in [-0.05, 0) is 32.1 Å². The second-order valence-electron chi connectivity index (χ2n) is 5.25. The first-order chi connectivity index (χ1) is 9.63. The summed E-state index contributed by atoms with van der Waals surface area (Å²) in [4.78, 5) is 22.4. The number of hydrogen-bond acceptors (Lipinski definition) is 3. The van der Waals surface area contributed by atoms with E-state index in [2.05, 4.69) is 17.6 Å². The first-order valence-electron chi connectivity index (χ1n) is 7.48. The third-order valence-corrected chi connectivity index (χ3v) is 3.59. The third-order valence-electron chi connectivity index (χ3n) is 3.59. The maximum absolute atomic E-state index is 11.6. The van der Waals surface area contributed by atoms with Gasteiger partial charge in [0.15, 0.2) is 0 Å². The van der Waals surface area contributed by atoms with E-state index in [1.807, 2.05) is 0 Å². The predicted octanol–water partition coefficient (Wildman–Crippen LogP) is 1.75. The molecule has 1 aliphatic carbocycles. The lowest BCUT2D eigenvalue weighted by molar-refractivity contribution is -0.142. The average molecular weight is 286 g/mol. The minimum absolute atomic E-state index is 0.0895. The van der Waals surface area contributed by atoms with Crippen molar-refractivity contribution in [1.82, 2.24) is 10.6 Å². The zero-order valence-electron chi connectivity index (χ0n) is 12.2. The molecule has 0 unspecified atom stereocenters. The highest BCUT2D eigenvalue weighted by Crippen LogP contribution is 2.24. The van der Waals surface area contributed by atoms with E-state index in [0.29, 0.717) is 26.0 Å². The van der Waals surface area contributed by atoms with Crippen molar-refractivity contribution in [1.29, 1.82) is 0 Å². The highest BCUT2D eigenvalue weighted by molar-refractivity contribution is 5.74. The zero-order valence-corrected chi connectivity index (χ0v) is 12.2. The van der Waals surface area contributed by atoms with Gasteiger partial charge in [0.25, 0.3) is 0 Å². The van der Waals surface area contributed by atoms with E-state index in [-0.39, 0.29) is 18.0 Å². The molecular weight excluding hydrogens is 260 g/mol. The van der Waals surface area contributed by atoms with E-state index in [1.165, 1.54) is 0 Å². The molecule has 116 valence electrons. The molecule has 6 heteroatoms. The van der Waals surface area contributed by atoms with Crippen molar-refractivity contribution < 1.29 is 19.4 Å². The van der Waals surface area contributed by atoms with Crippen molar-refractivity contribution in [2.45, 2.75) is 51.5 Å². The van der Waals surface area contributed by atoms with Crippen LogP contribution in [0.25, 0.3) is 0 Å². The maximum atomic E-state index is 11.6. The van der Waals surface area contributed by atoms with Crippen molar-refractivity contribution >= 4 is 12.0 Å². The standard InChI is InChI=1S/C14H26N2O4/c1-2-3-9-20-10-8-15-14(19)16-12-6-4-11(5-7-12)13(17)18/h11-12H,2-10H2,1H3,(H,17,18)(H2,15,16,19). The average Bonchev–Trinajstić information content (AvgIpc) is 2.43. The molecule has 3 N–H and O–H groups in total. The minimum atomic E-state index is -0.725. The molecular formula is C14H26N2O4. The molecule has 0 heterocycles. The topological polar surface area (TPSA) is 87.7 Å². The van der Waals surface area contributed by atoms with E-state index in [9.17, 15) is 9.59 Å². The lowest BCUT2D eigenvalue weighted by Gasteiger charge is -2.26. The Morgan fingerprint density at radius 3 is 2.50 bits per heavy atom. The van der Waals surface area contributed by atoms with E-state index < -0.39 is 5.97 Å². The van der Waals surface area contributed by atoms with Crippen LogP contribution in [-0.4, -0.2) is 42.9 Å². The fourth-order valence-corrected chi connectivity index (χ4v) is 2.31. The summed E-state index contributed by atoms with van der Waals surface area (Å²) in [5.41, 5.74) is 0. The summed E-state index contributed by atoms with van der Waals surface area (Å²) >= 11 is 0. The highest BCUT2D eigenvalue weighted by atomic mass is 16.5. The molecule has 1 fully saturated rings. The van der Waals surface area contributed by atoms with E-state index in [4.69, 9.17) is 9.84 Å². The van der Waals surface area contributed by atoms with Crippen molar-refractivity contribution in [2.24, 2.45) is 5.92 Å². The number of hydrogen-bond donors (Lipinski definition) is 3. The van der Waals surface area contributed by atoms with Crippen LogP contribution in [0, 0.1) is 5.92 Å². The first kappa shape index (κ1) is 16.8. The van der Waals surface area contributed by atoms with Crippen molar-refractivity contribution in [3.8, 4) is 0 Å². The van der Waals surface area contributed by atoms with E-state index in [1.54, 1.807) is 0 Å². The Balaban J connectivity index is 2.04. The molecule has 6 nitrogen and oxygen atoms in total. The number of carboxylic acids is 1. The predicted molar refractivity (Wildman–Crippen MR) is 75.6 cm³/mol. The lowest BCUT2D eigenvalue weighted by Crippen LogP contribution is -2.45. The summed E-state index contributed by atoms with van der Waals surface area (Å²) in [6, 6.07) is -0.102. The molecule has 0 saturated heterocycles. The quantitative estimate of drug-likeness (QED) is 0.593. The smallest absolute Gasteiger partial charge is 0.315 e. The van der Waals surface area contributed by atoms with Gasteiger partial charge in [0.2, 0.25) is 0 Å². The number of rotatable bonds is 8. The van der Waals surface area contributed by atoms with Crippen LogP contribution in [0.15, 0.2) is 0 Å². The lowest BCUT2D eigenvalue weighted by atomic mass is 9.86. The van der Waals surface area contributed by atoms with Gasteiger partial charge in [-0.15, -0.1) is 0 Å². The van der Waals surface area contributed by atoms with Crippen LogP contribution in [0.2, 0.25) is 0 Å². The molecule has 0 bridgehead atoms. The number of urea groups is 1. The Morgan fingerprint density at radius 1 is 1.20 bits per heavy atom. The van der Waals surface area contributed by atoms with Crippen LogP contribution >= 0.6 is 0 Å². The first-order valence-corrected chi connectivity index (χ1v) is 7.48. The van der Waals surface area contributed by atoms with Crippen molar-refractivity contribution in [3.05, 3.63) is 0 Å². The highest BCUT2D eigenvalue weighted by Gasteiger charge is 2.26. The molecule has 20 heavy (non-hydrogen) atoms. The van der Waals surface area contributed by atoms with Crippen LogP contribution in [0.4, 0.5) is 4.79 Å². The summed E-state index contributed by atoms with van der Waals surface area (Å²) in [7, 11) is 0. The van der Waals surface area contributed by atoms with Gasteiger partial charge in [0.1, 0.15) is 0 Å². The number of aliphatic carboxylic acids is 1. The maximum Gasteiger partial charge on any atom is 0.315 e. The number of nitrogens with one attached hydrogen (secondary N) is 2.